The van der Waals surface area contributed by atoms with Crippen LogP contribution >= 0.6 is 23.2 Å². The molecule has 0 spiro atoms. The first-order valence-corrected chi connectivity index (χ1v) is 14.6. The molecule has 3 atom stereocenters. The molecule has 0 aliphatic carbocycles. The number of rotatable bonds is 9. The van der Waals surface area contributed by atoms with Crippen LogP contribution in [0.3, 0.4) is 0 Å². The molecule has 0 saturated carbocycles. The first-order chi connectivity index (χ1) is 18.1. The highest BCUT2D eigenvalue weighted by atomic mass is 35.5. The lowest BCUT2D eigenvalue weighted by molar-refractivity contribution is -0.117. The van der Waals surface area contributed by atoms with E-state index in [2.05, 4.69) is 22.8 Å². The van der Waals surface area contributed by atoms with Crippen molar-refractivity contribution in [3.05, 3.63) is 59.0 Å². The number of carbonyl (C=O) groups excluding carboxylic acids is 1. The van der Waals surface area contributed by atoms with Gasteiger partial charge in [0.05, 0.1) is 29.8 Å². The zero-order chi connectivity index (χ0) is 27.6. The Morgan fingerprint density at radius 1 is 1.21 bits per heavy atom. The van der Waals surface area contributed by atoms with Crippen molar-refractivity contribution in [3.8, 4) is 22.6 Å². The van der Waals surface area contributed by atoms with E-state index in [0.29, 0.717) is 58.2 Å². The fraction of sp³-hybridized carbons (Fsp3) is 0.333. The van der Waals surface area contributed by atoms with Crippen LogP contribution in [0.25, 0.3) is 22.0 Å². The van der Waals surface area contributed by atoms with Crippen molar-refractivity contribution >= 4 is 55.6 Å². The second-order valence-corrected chi connectivity index (χ2v) is 12.4. The van der Waals surface area contributed by atoms with Gasteiger partial charge in [-0.05, 0) is 29.6 Å². The topological polar surface area (TPSA) is 93.7 Å². The summed E-state index contributed by atoms with van der Waals surface area (Å²) in [7, 11) is 0.655. The smallest absolute Gasteiger partial charge is 0.243 e. The molecule has 38 heavy (non-hydrogen) atoms. The fourth-order valence-corrected chi connectivity index (χ4v) is 6.58. The van der Waals surface area contributed by atoms with Gasteiger partial charge in [-0.3, -0.25) is 9.00 Å². The van der Waals surface area contributed by atoms with Gasteiger partial charge in [0.15, 0.2) is 0 Å². The Morgan fingerprint density at radius 2 is 1.89 bits per heavy atom. The summed E-state index contributed by atoms with van der Waals surface area (Å²) in [4.78, 5) is 21.4. The van der Waals surface area contributed by atoms with Crippen LogP contribution < -0.4 is 14.8 Å². The second-order valence-electron chi connectivity index (χ2n) is 9.04. The number of aromatic nitrogens is 2. The molecule has 0 radical (unpaired) electrons. The van der Waals surface area contributed by atoms with Crippen molar-refractivity contribution < 1.29 is 18.5 Å². The molecule has 1 aromatic heterocycles. The number of benzene rings is 2. The summed E-state index contributed by atoms with van der Waals surface area (Å²) in [5, 5.41) is 4.52. The van der Waals surface area contributed by atoms with Gasteiger partial charge in [-0.25, -0.2) is 14.3 Å². The van der Waals surface area contributed by atoms with Crippen LogP contribution in [-0.4, -0.2) is 69.4 Å². The maximum atomic E-state index is 12.9. The Hall–Kier alpha value is -2.85. The third-order valence-electron chi connectivity index (χ3n) is 6.78. The van der Waals surface area contributed by atoms with E-state index >= 15 is 0 Å². The molecule has 1 saturated heterocycles. The largest absolute Gasteiger partial charge is 0.495 e. The number of amides is 1. The molecule has 1 aliphatic heterocycles. The zero-order valence-electron chi connectivity index (χ0n) is 21.5. The highest BCUT2D eigenvalue weighted by Gasteiger charge is 2.37. The minimum Gasteiger partial charge on any atom is -0.495 e. The summed E-state index contributed by atoms with van der Waals surface area (Å²) >= 11 is 13.2. The van der Waals surface area contributed by atoms with E-state index in [1.807, 2.05) is 29.4 Å². The predicted octanol–water partition coefficient (Wildman–Crippen LogP) is 4.42. The van der Waals surface area contributed by atoms with Gasteiger partial charge in [0.1, 0.15) is 17.3 Å². The Balaban J connectivity index is 1.64. The zero-order valence-corrected chi connectivity index (χ0v) is 23.8. The van der Waals surface area contributed by atoms with Crippen molar-refractivity contribution in [2.75, 3.05) is 33.1 Å². The van der Waals surface area contributed by atoms with E-state index in [4.69, 9.17) is 37.7 Å². The van der Waals surface area contributed by atoms with Gasteiger partial charge in [-0.2, -0.15) is 0 Å². The van der Waals surface area contributed by atoms with Gasteiger partial charge in [0.2, 0.25) is 5.91 Å². The van der Waals surface area contributed by atoms with Crippen molar-refractivity contribution in [2.45, 2.75) is 19.4 Å². The average Bonchev–Trinajstić information content (AvgIpc) is 3.31. The van der Waals surface area contributed by atoms with Crippen molar-refractivity contribution in [1.29, 1.82) is 0 Å². The minimum atomic E-state index is -2.41. The van der Waals surface area contributed by atoms with Crippen LogP contribution in [0.15, 0.2) is 43.1 Å². The lowest BCUT2D eigenvalue weighted by Crippen LogP contribution is -2.41. The van der Waals surface area contributed by atoms with Gasteiger partial charge in [0.25, 0.3) is 0 Å². The molecule has 2 aromatic carbocycles. The summed E-state index contributed by atoms with van der Waals surface area (Å²) in [6.07, 6.45) is 3.49. The van der Waals surface area contributed by atoms with E-state index < -0.39 is 9.71 Å². The Morgan fingerprint density at radius 3 is 2.50 bits per heavy atom. The highest BCUT2D eigenvalue weighted by molar-refractivity contribution is 7.98. The Bertz CT molecular complexity index is 1470. The number of carbonyl (C=O) groups is 1. The molecule has 11 heteroatoms. The molecule has 4 rings (SSSR count). The van der Waals surface area contributed by atoms with Crippen molar-refractivity contribution in [2.24, 2.45) is 5.92 Å². The molecule has 2 heterocycles. The third-order valence-corrected chi connectivity index (χ3v) is 9.67. The molecule has 1 amide bonds. The van der Waals surface area contributed by atoms with E-state index in [-0.39, 0.29) is 17.9 Å². The average molecular weight is 578 g/mol. The first-order valence-electron chi connectivity index (χ1n) is 12.0. The quantitative estimate of drug-likeness (QED) is 0.299. The van der Waals surface area contributed by atoms with Crippen molar-refractivity contribution in [3.63, 3.8) is 0 Å². The number of nitrogens with zero attached hydrogens (tertiary/aromatic N) is 3. The molecule has 1 fully saturated rings. The monoisotopic (exact) mass is 576 g/mol. The number of halogens is 2. The molecule has 0 bridgehead atoms. The SMILES string of the molecule is C=CC(=O)N[C@H]1CN(S(=C)(=O)CC)C[C@H]1Cc1ncc2cc(-c3c(Cl)c(OC)cc(OC)c3Cl)ccc2n1. The molecular weight excluding hydrogens is 547 g/mol. The first kappa shape index (κ1) is 28.2. The minimum absolute atomic E-state index is 0.0355. The van der Waals surface area contributed by atoms with Gasteiger partial charge >= 0.3 is 0 Å². The van der Waals surface area contributed by atoms with Crippen LogP contribution in [0.5, 0.6) is 11.5 Å². The Labute approximate surface area is 233 Å². The molecule has 1 N–H and O–H groups in total. The molecular formula is C27H30Cl2N4O4S. The number of fused-ring (bicyclic) bond motifs is 1. The number of hydrogen-bond acceptors (Lipinski definition) is 6. The number of nitrogens with one attached hydrogen (secondary N) is 1. The van der Waals surface area contributed by atoms with E-state index in [0.717, 1.165) is 16.5 Å². The lowest BCUT2D eigenvalue weighted by Gasteiger charge is -2.19. The normalized spacial score (nSPS) is 19.2. The van der Waals surface area contributed by atoms with E-state index in [9.17, 15) is 9.00 Å². The van der Waals surface area contributed by atoms with E-state index in [1.165, 1.54) is 20.3 Å². The fourth-order valence-electron chi connectivity index (χ4n) is 4.60. The van der Waals surface area contributed by atoms with Crippen LogP contribution in [0.4, 0.5) is 0 Å². The summed E-state index contributed by atoms with van der Waals surface area (Å²) in [6, 6.07) is 7.10. The highest BCUT2D eigenvalue weighted by Crippen LogP contribution is 2.46. The van der Waals surface area contributed by atoms with Crippen molar-refractivity contribution in [1.82, 2.24) is 19.6 Å². The number of ether oxygens (including phenoxy) is 2. The second kappa shape index (κ2) is 11.5. The molecule has 1 unspecified atom stereocenters. The van der Waals surface area contributed by atoms with Crippen LogP contribution in [0.2, 0.25) is 10.0 Å². The predicted molar refractivity (Wildman–Crippen MR) is 155 cm³/mol. The summed E-state index contributed by atoms with van der Waals surface area (Å²) in [6.45, 7) is 6.36. The van der Waals surface area contributed by atoms with Gasteiger partial charge in [0, 0.05) is 70.1 Å². The summed E-state index contributed by atoms with van der Waals surface area (Å²) in [5.74, 6) is 5.57. The lowest BCUT2D eigenvalue weighted by atomic mass is 9.99. The van der Waals surface area contributed by atoms with Gasteiger partial charge < -0.3 is 14.8 Å². The molecule has 1 aliphatic rings. The molecule has 202 valence electrons. The summed E-state index contributed by atoms with van der Waals surface area (Å²) in [5.41, 5.74) is 2.11. The summed E-state index contributed by atoms with van der Waals surface area (Å²) < 4.78 is 25.6. The maximum absolute atomic E-state index is 12.9. The number of hydrogen-bond donors (Lipinski definition) is 1. The number of methoxy groups -OCH3 is 2. The molecule has 8 nitrogen and oxygen atoms in total. The van der Waals surface area contributed by atoms with Crippen LogP contribution in [0.1, 0.15) is 12.7 Å². The Kier molecular flexibility index (Phi) is 8.52. The van der Waals surface area contributed by atoms with Crippen LogP contribution in [-0.2, 0) is 20.9 Å². The van der Waals surface area contributed by atoms with E-state index in [1.54, 1.807) is 12.3 Å². The van der Waals surface area contributed by atoms with Crippen LogP contribution in [0, 0.1) is 5.92 Å². The maximum Gasteiger partial charge on any atom is 0.243 e. The van der Waals surface area contributed by atoms with Gasteiger partial charge in [-0.15, -0.1) is 0 Å². The third kappa shape index (κ3) is 5.61. The molecule has 3 aromatic rings. The standard InChI is InChI=1S/C27H30Cl2N4O4S/c1-6-24(34)32-20-15-33(38(5,35)7-2)14-18(20)11-23-30-13-17-10-16(8-9-19(17)31-23)25-26(28)21(36-3)12-22(37-4)27(25)29/h6,8-10,12-13,18,20H,1,5,7,11,14-15H2,2-4H3,(H,32,34)/t18-,20+,38?/m1/s1. The van der Waals surface area contributed by atoms with Gasteiger partial charge in [-0.1, -0.05) is 42.8 Å².